The van der Waals surface area contributed by atoms with Gasteiger partial charge in [-0.25, -0.2) is 4.39 Å². The topological polar surface area (TPSA) is 62.2 Å². The Morgan fingerprint density at radius 3 is 3.10 bits per heavy atom. The molecule has 0 aliphatic heterocycles. The summed E-state index contributed by atoms with van der Waals surface area (Å²) in [4.78, 5) is 16.9. The average molecular weight is 304 g/mol. The van der Waals surface area contributed by atoms with E-state index in [0.717, 1.165) is 16.6 Å². The molecule has 0 atom stereocenters. The molecule has 0 fully saturated rings. The van der Waals surface area contributed by atoms with Gasteiger partial charge in [-0.15, -0.1) is 11.3 Å². The highest BCUT2D eigenvalue weighted by Crippen LogP contribution is 2.22. The van der Waals surface area contributed by atoms with Gasteiger partial charge in [0.1, 0.15) is 0 Å². The zero-order valence-electron chi connectivity index (χ0n) is 11.3. The highest BCUT2D eigenvalue weighted by Gasteiger charge is 2.13. The first-order valence-electron chi connectivity index (χ1n) is 6.23. The number of anilines is 1. The zero-order valence-corrected chi connectivity index (χ0v) is 12.1. The molecule has 2 aromatic heterocycles. The summed E-state index contributed by atoms with van der Waals surface area (Å²) in [5.41, 5.74) is 0.972. The molecule has 4 nitrogen and oxygen atoms in total. The fraction of sp³-hybridized carbons (Fsp3) is 0.200. The predicted molar refractivity (Wildman–Crippen MR) is 79.8 cm³/mol. The van der Waals surface area contributed by atoms with Crippen molar-refractivity contribution >= 4 is 22.9 Å². The van der Waals surface area contributed by atoms with Crippen LogP contribution in [0.4, 0.5) is 10.1 Å². The third-order valence-electron chi connectivity index (χ3n) is 2.60. The van der Waals surface area contributed by atoms with Crippen molar-refractivity contribution < 1.29 is 14.3 Å². The van der Waals surface area contributed by atoms with Crippen LogP contribution in [0.3, 0.4) is 0 Å². The van der Waals surface area contributed by atoms with Gasteiger partial charge in [0.25, 0.3) is 5.91 Å². The molecule has 2 aromatic rings. The molecule has 2 rings (SSSR count). The molecular formula is C15H13FN2O2S. The summed E-state index contributed by atoms with van der Waals surface area (Å²) >= 11 is 1.24. The lowest BCUT2D eigenvalue weighted by molar-refractivity contribution is 0.103. The number of hydrogen-bond donors (Lipinski definition) is 2. The molecule has 21 heavy (non-hydrogen) atoms. The number of aromatic nitrogens is 1. The molecule has 1 amide bonds. The van der Waals surface area contributed by atoms with Crippen LogP contribution in [0.15, 0.2) is 24.5 Å². The van der Waals surface area contributed by atoms with E-state index in [1.807, 2.05) is 6.92 Å². The Hall–Kier alpha value is -2.23. The fourth-order valence-corrected chi connectivity index (χ4v) is 2.52. The van der Waals surface area contributed by atoms with Gasteiger partial charge < -0.3 is 10.4 Å². The molecule has 0 bridgehead atoms. The second kappa shape index (κ2) is 6.97. The number of aliphatic hydroxyl groups excluding tert-OH is 1. The summed E-state index contributed by atoms with van der Waals surface area (Å²) in [6.45, 7) is 1.86. The van der Waals surface area contributed by atoms with Crippen LogP contribution < -0.4 is 5.32 Å². The third kappa shape index (κ3) is 3.88. The first kappa shape index (κ1) is 15.2. The Bertz CT molecular complexity index is 716. The van der Waals surface area contributed by atoms with Crippen LogP contribution in [0.25, 0.3) is 0 Å². The molecule has 0 aliphatic rings. The van der Waals surface area contributed by atoms with Crippen molar-refractivity contribution in [2.75, 3.05) is 11.9 Å². The maximum Gasteiger partial charge on any atom is 0.265 e. The number of hydrogen-bond acceptors (Lipinski definition) is 4. The van der Waals surface area contributed by atoms with Crippen molar-refractivity contribution in [3.63, 3.8) is 0 Å². The fourth-order valence-electron chi connectivity index (χ4n) is 1.58. The minimum absolute atomic E-state index is 0.00604. The second-order valence-corrected chi connectivity index (χ2v) is 5.26. The van der Waals surface area contributed by atoms with E-state index in [9.17, 15) is 9.18 Å². The minimum Gasteiger partial charge on any atom is -0.395 e. The Morgan fingerprint density at radius 1 is 1.57 bits per heavy atom. The Balaban J connectivity index is 2.16. The minimum atomic E-state index is -0.581. The first-order chi connectivity index (χ1) is 10.1. The van der Waals surface area contributed by atoms with Gasteiger partial charge in [0, 0.05) is 12.6 Å². The molecule has 2 N–H and O–H groups in total. The lowest BCUT2D eigenvalue weighted by Gasteiger charge is -2.03. The molecule has 0 aliphatic carbocycles. The standard InChI is InChI=1S/C15H13FN2O2S/c1-10-8-14(21-13(10)4-2-3-7-19)15(20)18-12-5-6-17-9-11(12)16/h5-6,8-9,19H,3,7H2,1H3,(H,17,18,20). The first-order valence-corrected chi connectivity index (χ1v) is 7.04. The molecule has 0 saturated carbocycles. The maximum atomic E-state index is 13.4. The van der Waals surface area contributed by atoms with Gasteiger partial charge in [0.15, 0.2) is 5.82 Å². The molecule has 6 heteroatoms. The smallest absolute Gasteiger partial charge is 0.265 e. The molecule has 108 valence electrons. The van der Waals surface area contributed by atoms with Crippen molar-refractivity contribution in [2.24, 2.45) is 0 Å². The van der Waals surface area contributed by atoms with E-state index in [4.69, 9.17) is 5.11 Å². The van der Waals surface area contributed by atoms with Crippen LogP contribution in [0.5, 0.6) is 0 Å². The number of carbonyl (C=O) groups is 1. The van der Waals surface area contributed by atoms with Gasteiger partial charge in [0.2, 0.25) is 0 Å². The number of halogens is 1. The predicted octanol–water partition coefficient (Wildman–Crippen LogP) is 2.58. The van der Waals surface area contributed by atoms with Gasteiger partial charge in [0.05, 0.1) is 28.2 Å². The summed E-state index contributed by atoms with van der Waals surface area (Å²) in [7, 11) is 0. The van der Waals surface area contributed by atoms with Crippen molar-refractivity contribution in [3.05, 3.63) is 45.7 Å². The van der Waals surface area contributed by atoms with Crippen LogP contribution in [0.2, 0.25) is 0 Å². The average Bonchev–Trinajstić information content (AvgIpc) is 2.83. The van der Waals surface area contributed by atoms with Crippen molar-refractivity contribution in [1.29, 1.82) is 0 Å². The lowest BCUT2D eigenvalue weighted by atomic mass is 10.2. The van der Waals surface area contributed by atoms with Crippen LogP contribution in [-0.2, 0) is 0 Å². The van der Waals surface area contributed by atoms with Crippen LogP contribution >= 0.6 is 11.3 Å². The number of carbonyl (C=O) groups excluding carboxylic acids is 1. The van der Waals surface area contributed by atoms with E-state index >= 15 is 0 Å². The summed E-state index contributed by atoms with van der Waals surface area (Å²) in [6, 6.07) is 3.11. The van der Waals surface area contributed by atoms with E-state index in [1.165, 1.54) is 23.6 Å². The van der Waals surface area contributed by atoms with Crippen molar-refractivity contribution in [2.45, 2.75) is 13.3 Å². The highest BCUT2D eigenvalue weighted by atomic mass is 32.1. The van der Waals surface area contributed by atoms with E-state index in [1.54, 1.807) is 6.07 Å². The van der Waals surface area contributed by atoms with E-state index in [2.05, 4.69) is 22.1 Å². The number of pyridine rings is 1. The summed E-state index contributed by atoms with van der Waals surface area (Å²) in [5.74, 6) is 4.76. The molecular weight excluding hydrogens is 291 g/mol. The van der Waals surface area contributed by atoms with E-state index in [-0.39, 0.29) is 18.2 Å². The number of aliphatic hydroxyl groups is 1. The number of nitrogens with one attached hydrogen (secondary N) is 1. The highest BCUT2D eigenvalue weighted by molar-refractivity contribution is 7.14. The molecule has 0 unspecified atom stereocenters. The van der Waals surface area contributed by atoms with Gasteiger partial charge in [-0.1, -0.05) is 11.8 Å². The molecule has 0 aromatic carbocycles. The number of thiophene rings is 1. The molecule has 0 spiro atoms. The van der Waals surface area contributed by atoms with Gasteiger partial charge in [-0.2, -0.15) is 0 Å². The van der Waals surface area contributed by atoms with Crippen molar-refractivity contribution in [1.82, 2.24) is 4.98 Å². The van der Waals surface area contributed by atoms with Crippen molar-refractivity contribution in [3.8, 4) is 11.8 Å². The monoisotopic (exact) mass is 304 g/mol. The summed E-state index contributed by atoms with van der Waals surface area (Å²) < 4.78 is 13.4. The third-order valence-corrected chi connectivity index (χ3v) is 3.75. The number of nitrogens with zero attached hydrogens (tertiary/aromatic N) is 1. The normalized spacial score (nSPS) is 9.86. The quantitative estimate of drug-likeness (QED) is 0.857. The number of aryl methyl sites for hydroxylation is 1. The lowest BCUT2D eigenvalue weighted by Crippen LogP contribution is -2.11. The largest absolute Gasteiger partial charge is 0.395 e. The summed E-state index contributed by atoms with van der Waals surface area (Å²) in [6.07, 6.45) is 2.84. The maximum absolute atomic E-state index is 13.4. The molecule has 0 radical (unpaired) electrons. The number of amides is 1. The van der Waals surface area contributed by atoms with Gasteiger partial charge >= 0.3 is 0 Å². The Morgan fingerprint density at radius 2 is 2.38 bits per heavy atom. The zero-order chi connectivity index (χ0) is 15.2. The second-order valence-electron chi connectivity index (χ2n) is 4.21. The molecule has 2 heterocycles. The van der Waals surface area contributed by atoms with E-state index in [0.29, 0.717) is 11.3 Å². The van der Waals surface area contributed by atoms with Crippen LogP contribution in [-0.4, -0.2) is 22.6 Å². The SMILES string of the molecule is Cc1cc(C(=O)Nc2ccncc2F)sc1C#CCCO. The number of rotatable bonds is 3. The summed E-state index contributed by atoms with van der Waals surface area (Å²) in [5, 5.41) is 11.2. The Kier molecular flexibility index (Phi) is 5.04. The molecule has 0 saturated heterocycles. The van der Waals surface area contributed by atoms with E-state index < -0.39 is 5.82 Å². The van der Waals surface area contributed by atoms with Gasteiger partial charge in [-0.05, 0) is 24.6 Å². The van der Waals surface area contributed by atoms with Crippen LogP contribution in [0, 0.1) is 24.6 Å². The Labute approximate surface area is 125 Å². The van der Waals surface area contributed by atoms with Gasteiger partial charge in [-0.3, -0.25) is 9.78 Å². The van der Waals surface area contributed by atoms with Crippen LogP contribution in [0.1, 0.15) is 26.5 Å².